The topological polar surface area (TPSA) is 40.5 Å². The van der Waals surface area contributed by atoms with Crippen molar-refractivity contribution < 1.29 is 9.90 Å². The number of amides is 1. The normalized spacial score (nSPS) is 40.1. The third-order valence-electron chi connectivity index (χ3n) is 4.32. The molecule has 0 bridgehead atoms. The van der Waals surface area contributed by atoms with Gasteiger partial charge in [-0.3, -0.25) is 4.79 Å². The van der Waals surface area contributed by atoms with E-state index in [9.17, 15) is 9.90 Å². The van der Waals surface area contributed by atoms with Gasteiger partial charge in [-0.2, -0.15) is 0 Å². The van der Waals surface area contributed by atoms with Gasteiger partial charge >= 0.3 is 0 Å². The van der Waals surface area contributed by atoms with E-state index in [0.717, 1.165) is 38.6 Å². The van der Waals surface area contributed by atoms with Crippen molar-refractivity contribution in [1.29, 1.82) is 0 Å². The lowest BCUT2D eigenvalue weighted by molar-refractivity contribution is -0.132. The van der Waals surface area contributed by atoms with E-state index in [2.05, 4.69) is 6.92 Å². The third kappa shape index (κ3) is 2.24. The molecule has 1 N–H and O–H groups in total. The summed E-state index contributed by atoms with van der Waals surface area (Å²) in [6, 6.07) is 0.301. The van der Waals surface area contributed by atoms with Crippen LogP contribution in [0.5, 0.6) is 0 Å². The standard InChI is InChI=1S/C13H23NO2/c1-9-5-6-13(16)11(8-9)12-4-3-7-14(12)10(2)15/h9,11-13,16H,3-8H2,1-2H3/t9-,11+,12-,13-/m1/s1. The molecule has 2 fully saturated rings. The molecule has 0 unspecified atom stereocenters. The predicted molar refractivity (Wildman–Crippen MR) is 62.9 cm³/mol. The van der Waals surface area contributed by atoms with Gasteiger partial charge < -0.3 is 10.0 Å². The van der Waals surface area contributed by atoms with Crippen LogP contribution in [0.3, 0.4) is 0 Å². The highest BCUT2D eigenvalue weighted by Gasteiger charge is 2.39. The second-order valence-corrected chi connectivity index (χ2v) is 5.57. The first-order valence-corrected chi connectivity index (χ1v) is 6.55. The van der Waals surface area contributed by atoms with Crippen molar-refractivity contribution in [3.63, 3.8) is 0 Å². The Balaban J connectivity index is 2.07. The molecule has 1 amide bonds. The monoisotopic (exact) mass is 225 g/mol. The molecule has 2 aliphatic rings. The van der Waals surface area contributed by atoms with E-state index in [0.29, 0.717) is 17.9 Å². The van der Waals surface area contributed by atoms with Crippen LogP contribution < -0.4 is 0 Å². The minimum absolute atomic E-state index is 0.174. The number of aliphatic hydroxyl groups is 1. The summed E-state index contributed by atoms with van der Waals surface area (Å²) in [5, 5.41) is 10.1. The summed E-state index contributed by atoms with van der Waals surface area (Å²) in [6.45, 7) is 4.79. The molecule has 1 aliphatic carbocycles. The molecule has 92 valence electrons. The Morgan fingerprint density at radius 3 is 2.75 bits per heavy atom. The summed E-state index contributed by atoms with van der Waals surface area (Å²) in [4.78, 5) is 13.5. The third-order valence-corrected chi connectivity index (χ3v) is 4.32. The molecule has 0 aromatic carbocycles. The van der Waals surface area contributed by atoms with E-state index in [1.165, 1.54) is 0 Å². The molecular weight excluding hydrogens is 202 g/mol. The van der Waals surface area contributed by atoms with E-state index in [4.69, 9.17) is 0 Å². The molecule has 3 nitrogen and oxygen atoms in total. The fourth-order valence-corrected chi connectivity index (χ4v) is 3.45. The molecule has 0 radical (unpaired) electrons. The van der Waals surface area contributed by atoms with Gasteiger partial charge in [-0.1, -0.05) is 6.92 Å². The number of hydrogen-bond acceptors (Lipinski definition) is 2. The highest BCUT2D eigenvalue weighted by Crippen LogP contribution is 2.36. The average Bonchev–Trinajstić information content (AvgIpc) is 2.70. The van der Waals surface area contributed by atoms with E-state index in [1.54, 1.807) is 6.92 Å². The molecule has 1 saturated heterocycles. The second kappa shape index (κ2) is 4.74. The SMILES string of the molecule is CC(=O)N1CCC[C@@H]1[C@@H]1C[C@H](C)CC[C@H]1O. The molecule has 0 aromatic heterocycles. The Morgan fingerprint density at radius 1 is 1.31 bits per heavy atom. The van der Waals surface area contributed by atoms with Crippen LogP contribution in [-0.2, 0) is 4.79 Å². The van der Waals surface area contributed by atoms with Crippen LogP contribution in [0.4, 0.5) is 0 Å². The lowest BCUT2D eigenvalue weighted by Gasteiger charge is -2.39. The largest absolute Gasteiger partial charge is 0.393 e. The van der Waals surface area contributed by atoms with Crippen molar-refractivity contribution in [2.75, 3.05) is 6.54 Å². The van der Waals surface area contributed by atoms with E-state index in [-0.39, 0.29) is 12.0 Å². The van der Waals surface area contributed by atoms with E-state index < -0.39 is 0 Å². The van der Waals surface area contributed by atoms with Crippen LogP contribution in [0.25, 0.3) is 0 Å². The minimum atomic E-state index is -0.193. The quantitative estimate of drug-likeness (QED) is 0.739. The van der Waals surface area contributed by atoms with Gasteiger partial charge in [-0.05, 0) is 38.0 Å². The second-order valence-electron chi connectivity index (χ2n) is 5.57. The summed E-state index contributed by atoms with van der Waals surface area (Å²) in [5.41, 5.74) is 0. The van der Waals surface area contributed by atoms with Crippen LogP contribution in [0.15, 0.2) is 0 Å². The number of aliphatic hydroxyl groups excluding tert-OH is 1. The molecule has 3 heteroatoms. The summed E-state index contributed by atoms with van der Waals surface area (Å²) in [5.74, 6) is 1.19. The van der Waals surface area contributed by atoms with E-state index >= 15 is 0 Å². The zero-order valence-electron chi connectivity index (χ0n) is 10.4. The van der Waals surface area contributed by atoms with Crippen molar-refractivity contribution in [3.05, 3.63) is 0 Å². The van der Waals surface area contributed by atoms with Crippen LogP contribution in [0.2, 0.25) is 0 Å². The molecule has 16 heavy (non-hydrogen) atoms. The maximum absolute atomic E-state index is 11.5. The first kappa shape index (κ1) is 11.9. The van der Waals surface area contributed by atoms with Gasteiger partial charge in [0.15, 0.2) is 0 Å². The van der Waals surface area contributed by atoms with Crippen LogP contribution in [0.1, 0.15) is 46.0 Å². The number of hydrogen-bond donors (Lipinski definition) is 1. The Morgan fingerprint density at radius 2 is 2.06 bits per heavy atom. The van der Waals surface area contributed by atoms with Gasteiger partial charge in [-0.25, -0.2) is 0 Å². The van der Waals surface area contributed by atoms with Crippen LogP contribution >= 0.6 is 0 Å². The summed E-state index contributed by atoms with van der Waals surface area (Å²) < 4.78 is 0. The van der Waals surface area contributed by atoms with Crippen molar-refractivity contribution in [2.24, 2.45) is 11.8 Å². The molecular formula is C13H23NO2. The molecule has 1 heterocycles. The Labute approximate surface area is 97.8 Å². The molecule has 2 rings (SSSR count). The first-order valence-electron chi connectivity index (χ1n) is 6.55. The maximum atomic E-state index is 11.5. The summed E-state index contributed by atoms with van der Waals surface area (Å²) in [6.07, 6.45) is 5.10. The molecule has 0 spiro atoms. The summed E-state index contributed by atoms with van der Waals surface area (Å²) >= 11 is 0. The van der Waals surface area contributed by atoms with Crippen molar-refractivity contribution >= 4 is 5.91 Å². The number of rotatable bonds is 1. The lowest BCUT2D eigenvalue weighted by Crippen LogP contribution is -2.45. The number of carbonyl (C=O) groups excluding carboxylic acids is 1. The van der Waals surface area contributed by atoms with Crippen molar-refractivity contribution in [3.8, 4) is 0 Å². The summed E-state index contributed by atoms with van der Waals surface area (Å²) in [7, 11) is 0. The van der Waals surface area contributed by atoms with E-state index in [1.807, 2.05) is 4.90 Å². The first-order chi connectivity index (χ1) is 7.59. The molecule has 4 atom stereocenters. The average molecular weight is 225 g/mol. The molecule has 1 aliphatic heterocycles. The smallest absolute Gasteiger partial charge is 0.219 e. The van der Waals surface area contributed by atoms with Gasteiger partial charge in [0.1, 0.15) is 0 Å². The number of nitrogens with zero attached hydrogens (tertiary/aromatic N) is 1. The van der Waals surface area contributed by atoms with Crippen molar-refractivity contribution in [1.82, 2.24) is 4.90 Å². The highest BCUT2D eigenvalue weighted by molar-refractivity contribution is 5.73. The molecule has 0 aromatic rings. The Hall–Kier alpha value is -0.570. The Bertz CT molecular complexity index is 267. The number of likely N-dealkylation sites (tertiary alicyclic amines) is 1. The highest BCUT2D eigenvalue weighted by atomic mass is 16.3. The van der Waals surface area contributed by atoms with Gasteiger partial charge in [0, 0.05) is 25.4 Å². The van der Waals surface area contributed by atoms with Crippen LogP contribution in [-0.4, -0.2) is 34.6 Å². The van der Waals surface area contributed by atoms with Gasteiger partial charge in [0.05, 0.1) is 6.10 Å². The molecule has 1 saturated carbocycles. The van der Waals surface area contributed by atoms with Gasteiger partial charge in [-0.15, -0.1) is 0 Å². The zero-order valence-corrected chi connectivity index (χ0v) is 10.4. The fourth-order valence-electron chi connectivity index (χ4n) is 3.45. The predicted octanol–water partition coefficient (Wildman–Crippen LogP) is 1.79. The fraction of sp³-hybridized carbons (Fsp3) is 0.923. The Kier molecular flexibility index (Phi) is 3.53. The minimum Gasteiger partial charge on any atom is -0.393 e. The van der Waals surface area contributed by atoms with Crippen LogP contribution in [0, 0.1) is 11.8 Å². The van der Waals surface area contributed by atoms with Gasteiger partial charge in [0.2, 0.25) is 5.91 Å². The maximum Gasteiger partial charge on any atom is 0.219 e. The number of carbonyl (C=O) groups is 1. The zero-order chi connectivity index (χ0) is 11.7. The van der Waals surface area contributed by atoms with Gasteiger partial charge in [0.25, 0.3) is 0 Å². The van der Waals surface area contributed by atoms with Crippen molar-refractivity contribution in [2.45, 2.75) is 58.1 Å². The lowest BCUT2D eigenvalue weighted by atomic mass is 9.76.